The van der Waals surface area contributed by atoms with Crippen molar-refractivity contribution >= 4 is 17.6 Å². The highest BCUT2D eigenvalue weighted by atomic mass is 35.5. The van der Waals surface area contributed by atoms with Crippen LogP contribution in [0.5, 0.6) is 0 Å². The number of guanidine groups is 1. The lowest BCUT2D eigenvalue weighted by atomic mass is 10.1. The Labute approximate surface area is 157 Å². The first-order chi connectivity index (χ1) is 12.2. The maximum Gasteiger partial charge on any atom is 0.401 e. The zero-order valence-corrected chi connectivity index (χ0v) is 16.2. The Morgan fingerprint density at radius 1 is 1.46 bits per heavy atom. The molecule has 1 atom stereocenters. The molecule has 0 spiro atoms. The number of aliphatic imine (C=N–C) groups is 1. The predicted molar refractivity (Wildman–Crippen MR) is 98.5 cm³/mol. The summed E-state index contributed by atoms with van der Waals surface area (Å²) in [5, 5.41) is 3.93. The number of aryl methyl sites for hydroxylation is 1. The fraction of sp³-hybridized carbons (Fsp3) is 0.706. The van der Waals surface area contributed by atoms with Crippen molar-refractivity contribution in [2.24, 2.45) is 18.0 Å². The van der Waals surface area contributed by atoms with Gasteiger partial charge in [0, 0.05) is 45.6 Å². The molecule has 1 unspecified atom stereocenters. The molecular formula is C17H27ClF3N5. The van der Waals surface area contributed by atoms with Crippen LogP contribution in [0.1, 0.15) is 19.0 Å². The Morgan fingerprint density at radius 3 is 2.77 bits per heavy atom. The van der Waals surface area contributed by atoms with Gasteiger partial charge < -0.3 is 14.8 Å². The average Bonchev–Trinajstić information content (AvgIpc) is 3.08. The molecule has 1 saturated heterocycles. The quantitative estimate of drug-likeness (QED) is 0.596. The van der Waals surface area contributed by atoms with Crippen LogP contribution in [0.2, 0.25) is 5.02 Å². The van der Waals surface area contributed by atoms with Gasteiger partial charge >= 0.3 is 6.18 Å². The molecule has 1 N–H and O–H groups in total. The summed E-state index contributed by atoms with van der Waals surface area (Å²) in [7, 11) is 3.87. The van der Waals surface area contributed by atoms with Gasteiger partial charge in [0.1, 0.15) is 0 Å². The molecule has 2 rings (SSSR count). The van der Waals surface area contributed by atoms with E-state index in [2.05, 4.69) is 10.3 Å². The van der Waals surface area contributed by atoms with Crippen LogP contribution in [0, 0.1) is 5.92 Å². The number of hydrogen-bond donors (Lipinski definition) is 1. The van der Waals surface area contributed by atoms with E-state index in [-0.39, 0.29) is 5.92 Å². The molecule has 1 aromatic heterocycles. The van der Waals surface area contributed by atoms with Crippen molar-refractivity contribution in [2.75, 3.05) is 39.8 Å². The van der Waals surface area contributed by atoms with Crippen molar-refractivity contribution in [1.82, 2.24) is 19.7 Å². The Kier molecular flexibility index (Phi) is 7.23. The van der Waals surface area contributed by atoms with Crippen LogP contribution >= 0.6 is 11.6 Å². The van der Waals surface area contributed by atoms with E-state index in [4.69, 9.17) is 11.6 Å². The van der Waals surface area contributed by atoms with Gasteiger partial charge in [-0.2, -0.15) is 13.2 Å². The standard InChI is InChI=1S/C17H27ClF3N5/c1-4-22-16(25(3)11-15-7-14(18)10-24(15)2)23-8-13-5-6-26(9-13)12-17(19,20)21/h7,10,13H,4-6,8-9,11-12H2,1-3H3,(H,22,23). The SMILES string of the molecule is CCNC(=NCC1CCN(CC(F)(F)F)C1)N(C)Cc1cc(Cl)cn1C. The summed E-state index contributed by atoms with van der Waals surface area (Å²) < 4.78 is 39.5. The van der Waals surface area contributed by atoms with Crippen LogP contribution in [0.3, 0.4) is 0 Å². The van der Waals surface area contributed by atoms with Crippen molar-refractivity contribution < 1.29 is 13.2 Å². The number of alkyl halides is 3. The largest absolute Gasteiger partial charge is 0.401 e. The maximum atomic E-state index is 12.5. The molecule has 0 aliphatic carbocycles. The van der Waals surface area contributed by atoms with Crippen LogP contribution in [0.15, 0.2) is 17.3 Å². The van der Waals surface area contributed by atoms with Gasteiger partial charge in [-0.3, -0.25) is 9.89 Å². The lowest BCUT2D eigenvalue weighted by molar-refractivity contribution is -0.143. The molecule has 5 nitrogen and oxygen atoms in total. The van der Waals surface area contributed by atoms with Crippen LogP contribution in [0.25, 0.3) is 0 Å². The molecule has 0 amide bonds. The lowest BCUT2D eigenvalue weighted by Crippen LogP contribution is -2.39. The van der Waals surface area contributed by atoms with Crippen LogP contribution in [0.4, 0.5) is 13.2 Å². The normalized spacial score (nSPS) is 19.2. The fourth-order valence-corrected chi connectivity index (χ4v) is 3.46. The highest BCUT2D eigenvalue weighted by molar-refractivity contribution is 6.30. The number of nitrogens with one attached hydrogen (secondary N) is 1. The van der Waals surface area contributed by atoms with Crippen molar-refractivity contribution in [2.45, 2.75) is 26.1 Å². The molecule has 9 heteroatoms. The Balaban J connectivity index is 1.93. The zero-order valence-electron chi connectivity index (χ0n) is 15.5. The smallest absolute Gasteiger partial charge is 0.357 e. The maximum absolute atomic E-state index is 12.5. The average molecular weight is 394 g/mol. The first-order valence-electron chi connectivity index (χ1n) is 8.77. The molecule has 0 radical (unpaired) electrons. The van der Waals surface area contributed by atoms with E-state index >= 15 is 0 Å². The first-order valence-corrected chi connectivity index (χ1v) is 9.15. The molecule has 2 heterocycles. The summed E-state index contributed by atoms with van der Waals surface area (Å²) >= 11 is 6.03. The summed E-state index contributed by atoms with van der Waals surface area (Å²) in [6.07, 6.45) is -1.54. The summed E-state index contributed by atoms with van der Waals surface area (Å²) in [6.45, 7) is 3.97. The van der Waals surface area contributed by atoms with E-state index in [0.29, 0.717) is 31.2 Å². The van der Waals surface area contributed by atoms with E-state index in [0.717, 1.165) is 24.6 Å². The van der Waals surface area contributed by atoms with Crippen LogP contribution in [-0.4, -0.2) is 66.3 Å². The van der Waals surface area contributed by atoms with Gasteiger partial charge in [-0.1, -0.05) is 11.6 Å². The summed E-state index contributed by atoms with van der Waals surface area (Å²) in [5.74, 6) is 0.906. The summed E-state index contributed by atoms with van der Waals surface area (Å²) in [4.78, 5) is 8.10. The van der Waals surface area contributed by atoms with Crippen molar-refractivity contribution in [1.29, 1.82) is 0 Å². The minimum atomic E-state index is -4.14. The monoisotopic (exact) mass is 393 g/mol. The molecule has 1 fully saturated rings. The Morgan fingerprint density at radius 2 is 2.19 bits per heavy atom. The second-order valence-corrected chi connectivity index (χ2v) is 7.25. The molecule has 26 heavy (non-hydrogen) atoms. The van der Waals surface area contributed by atoms with Crippen LogP contribution < -0.4 is 5.32 Å². The molecule has 1 aliphatic heterocycles. The van der Waals surface area contributed by atoms with Gasteiger partial charge in [0.15, 0.2) is 5.96 Å². The van der Waals surface area contributed by atoms with Gasteiger partial charge in [0.05, 0.1) is 18.1 Å². The first kappa shape index (κ1) is 20.9. The molecule has 0 aromatic carbocycles. The topological polar surface area (TPSA) is 35.8 Å². The highest BCUT2D eigenvalue weighted by Gasteiger charge is 2.34. The summed E-state index contributed by atoms with van der Waals surface area (Å²) in [5.41, 5.74) is 1.06. The molecule has 0 bridgehead atoms. The van der Waals surface area contributed by atoms with Crippen molar-refractivity contribution in [3.63, 3.8) is 0 Å². The van der Waals surface area contributed by atoms with E-state index in [1.54, 1.807) is 0 Å². The summed E-state index contributed by atoms with van der Waals surface area (Å²) in [6, 6.07) is 1.91. The van der Waals surface area contributed by atoms with Gasteiger partial charge in [0.2, 0.25) is 0 Å². The number of hydrogen-bond acceptors (Lipinski definition) is 2. The van der Waals surface area contributed by atoms with E-state index < -0.39 is 12.7 Å². The third kappa shape index (κ3) is 6.39. The van der Waals surface area contributed by atoms with E-state index in [9.17, 15) is 13.2 Å². The van der Waals surface area contributed by atoms with Crippen molar-refractivity contribution in [3.8, 4) is 0 Å². The number of likely N-dealkylation sites (tertiary alicyclic amines) is 1. The minimum Gasteiger partial charge on any atom is -0.357 e. The van der Waals surface area contributed by atoms with Crippen molar-refractivity contribution in [3.05, 3.63) is 23.0 Å². The number of nitrogens with zero attached hydrogens (tertiary/aromatic N) is 4. The number of aromatic nitrogens is 1. The van der Waals surface area contributed by atoms with Gasteiger partial charge in [-0.05, 0) is 31.9 Å². The molecule has 1 aromatic rings. The molecule has 1 aliphatic rings. The zero-order chi connectivity index (χ0) is 19.3. The molecule has 148 valence electrons. The Bertz CT molecular complexity index is 614. The van der Waals surface area contributed by atoms with Gasteiger partial charge in [-0.15, -0.1) is 0 Å². The molecule has 0 saturated carbocycles. The van der Waals surface area contributed by atoms with Gasteiger partial charge in [0.25, 0.3) is 0 Å². The van der Waals surface area contributed by atoms with E-state index in [1.165, 1.54) is 4.90 Å². The van der Waals surface area contributed by atoms with Crippen LogP contribution in [-0.2, 0) is 13.6 Å². The molecular weight excluding hydrogens is 367 g/mol. The Hall–Kier alpha value is -1.41. The third-order valence-corrected chi connectivity index (χ3v) is 4.65. The van der Waals surface area contributed by atoms with E-state index in [1.807, 2.05) is 42.7 Å². The number of rotatable bonds is 6. The van der Waals surface area contributed by atoms with Gasteiger partial charge in [-0.25, -0.2) is 0 Å². The second kappa shape index (κ2) is 8.99. The highest BCUT2D eigenvalue weighted by Crippen LogP contribution is 2.23. The number of halogens is 4. The lowest BCUT2D eigenvalue weighted by Gasteiger charge is -2.23. The predicted octanol–water partition coefficient (Wildman–Crippen LogP) is 2.96. The minimum absolute atomic E-state index is 0.156. The fourth-order valence-electron chi connectivity index (χ4n) is 3.19. The third-order valence-electron chi connectivity index (χ3n) is 4.44. The second-order valence-electron chi connectivity index (χ2n) is 6.82.